The summed E-state index contributed by atoms with van der Waals surface area (Å²) in [6, 6.07) is -2.89. The molecule has 0 aliphatic carbocycles. The second-order valence-corrected chi connectivity index (χ2v) is 4.56. The van der Waals surface area contributed by atoms with E-state index in [-0.39, 0.29) is 31.1 Å². The van der Waals surface area contributed by atoms with Crippen molar-refractivity contribution in [3.05, 3.63) is 11.7 Å². The van der Waals surface area contributed by atoms with E-state index in [1.807, 2.05) is 5.32 Å². The van der Waals surface area contributed by atoms with Gasteiger partial charge in [-0.25, -0.2) is 9.59 Å². The van der Waals surface area contributed by atoms with Gasteiger partial charge in [0.2, 0.25) is 11.8 Å². The largest absolute Gasteiger partial charge is 0.480 e. The fraction of sp³-hybridized carbons (Fsp3) is 0.545. The summed E-state index contributed by atoms with van der Waals surface area (Å²) in [5.74, 6) is -1.68. The number of aliphatic hydroxyl groups is 1. The molecule has 1 heterocycles. The highest BCUT2D eigenvalue weighted by atomic mass is 16.5. The number of nitrogens with zero attached hydrogens (tertiary/aromatic N) is 2. The second-order valence-electron chi connectivity index (χ2n) is 4.56. The number of aliphatic hydroxyl groups excluding tert-OH is 1. The molecule has 0 radical (unpaired) electrons. The maximum Gasteiger partial charge on any atom is 0.328 e. The van der Waals surface area contributed by atoms with Crippen LogP contribution in [0, 0.1) is 0 Å². The van der Waals surface area contributed by atoms with Gasteiger partial charge >= 0.3 is 12.0 Å². The first kappa shape index (κ1) is 18.3. The van der Waals surface area contributed by atoms with Crippen LogP contribution in [0.25, 0.3) is 0 Å². The van der Waals surface area contributed by atoms with E-state index < -0.39 is 36.6 Å². The number of urea groups is 1. The Hall–Kier alpha value is -2.73. The summed E-state index contributed by atoms with van der Waals surface area (Å²) in [6.07, 6.45) is 0.322. The number of hydrogen-bond acceptors (Lipinski definition) is 8. The molecule has 2 atom stereocenters. The van der Waals surface area contributed by atoms with E-state index in [4.69, 9.17) is 26.2 Å². The number of carboxylic acids is 1. The number of amides is 3. The third-order valence-corrected chi connectivity index (χ3v) is 2.70. The van der Waals surface area contributed by atoms with E-state index in [1.165, 1.54) is 0 Å². The minimum Gasteiger partial charge on any atom is -0.480 e. The number of nitrogens with one attached hydrogen (secondary N) is 2. The first-order valence-corrected chi connectivity index (χ1v) is 6.57. The van der Waals surface area contributed by atoms with Gasteiger partial charge in [-0.15, -0.1) is 0 Å². The molecule has 0 saturated carbocycles. The summed E-state index contributed by atoms with van der Waals surface area (Å²) in [5.41, 5.74) is 10.7. The van der Waals surface area contributed by atoms with Crippen molar-refractivity contribution >= 4 is 17.9 Å². The Labute approximate surface area is 130 Å². The van der Waals surface area contributed by atoms with Gasteiger partial charge in [-0.05, 0) is 6.42 Å². The molecule has 0 aliphatic rings. The average molecular weight is 330 g/mol. The molecular weight excluding hydrogens is 312 g/mol. The molecule has 23 heavy (non-hydrogen) atoms. The van der Waals surface area contributed by atoms with Crippen molar-refractivity contribution in [2.45, 2.75) is 31.5 Å². The SMILES string of the molecule is NC(=O)CC[C@H](N)c1noc(CNC(=O)N[C@@H](CO)C(=O)O)n1. The van der Waals surface area contributed by atoms with Gasteiger partial charge in [0.05, 0.1) is 19.2 Å². The third kappa shape index (κ3) is 6.27. The zero-order valence-electron chi connectivity index (χ0n) is 12.1. The number of carbonyl (C=O) groups excluding carboxylic acids is 2. The quantitative estimate of drug-likeness (QED) is 0.284. The van der Waals surface area contributed by atoms with Crippen LogP contribution in [0.4, 0.5) is 4.79 Å². The van der Waals surface area contributed by atoms with Crippen LogP contribution in [-0.2, 0) is 16.1 Å². The van der Waals surface area contributed by atoms with E-state index in [2.05, 4.69) is 15.5 Å². The number of carboxylic acid groups (broad SMARTS) is 1. The highest BCUT2D eigenvalue weighted by Crippen LogP contribution is 2.12. The van der Waals surface area contributed by atoms with Crippen molar-refractivity contribution in [1.82, 2.24) is 20.8 Å². The van der Waals surface area contributed by atoms with Crippen molar-refractivity contribution in [3.63, 3.8) is 0 Å². The monoisotopic (exact) mass is 330 g/mol. The fourth-order valence-corrected chi connectivity index (χ4v) is 1.47. The Bertz CT molecular complexity index is 561. The van der Waals surface area contributed by atoms with Crippen molar-refractivity contribution in [1.29, 1.82) is 0 Å². The van der Waals surface area contributed by atoms with Crippen LogP contribution in [0.5, 0.6) is 0 Å². The molecule has 0 unspecified atom stereocenters. The van der Waals surface area contributed by atoms with E-state index in [9.17, 15) is 14.4 Å². The fourth-order valence-electron chi connectivity index (χ4n) is 1.47. The van der Waals surface area contributed by atoms with Crippen molar-refractivity contribution < 1.29 is 29.1 Å². The Kier molecular flexibility index (Phi) is 6.89. The topological polar surface area (TPSA) is 207 Å². The molecular formula is C11H18N6O6. The normalized spacial score (nSPS) is 13.1. The van der Waals surface area contributed by atoms with Crippen LogP contribution in [0.2, 0.25) is 0 Å². The molecule has 1 aromatic heterocycles. The third-order valence-electron chi connectivity index (χ3n) is 2.70. The minimum atomic E-state index is -1.42. The average Bonchev–Trinajstić information content (AvgIpc) is 2.96. The Balaban J connectivity index is 2.45. The molecule has 12 nitrogen and oxygen atoms in total. The Morgan fingerprint density at radius 1 is 1.35 bits per heavy atom. The van der Waals surface area contributed by atoms with Crippen LogP contribution in [-0.4, -0.2) is 50.9 Å². The molecule has 0 aromatic carbocycles. The molecule has 3 amide bonds. The molecule has 0 aliphatic heterocycles. The van der Waals surface area contributed by atoms with E-state index in [0.717, 1.165) is 0 Å². The molecule has 12 heteroatoms. The first-order chi connectivity index (χ1) is 10.8. The van der Waals surface area contributed by atoms with Crippen LogP contribution < -0.4 is 22.1 Å². The van der Waals surface area contributed by atoms with Gasteiger partial charge in [0.15, 0.2) is 11.9 Å². The van der Waals surface area contributed by atoms with Crippen molar-refractivity contribution in [2.75, 3.05) is 6.61 Å². The molecule has 128 valence electrons. The highest BCUT2D eigenvalue weighted by molar-refractivity contribution is 5.82. The number of hydrogen-bond donors (Lipinski definition) is 6. The maximum absolute atomic E-state index is 11.4. The lowest BCUT2D eigenvalue weighted by Gasteiger charge is -2.11. The van der Waals surface area contributed by atoms with Gasteiger partial charge in [0.25, 0.3) is 0 Å². The number of rotatable bonds is 9. The summed E-state index contributed by atoms with van der Waals surface area (Å²) in [5, 5.41) is 25.4. The lowest BCUT2D eigenvalue weighted by atomic mass is 10.1. The van der Waals surface area contributed by atoms with Gasteiger partial charge < -0.3 is 36.8 Å². The van der Waals surface area contributed by atoms with Gasteiger partial charge in [0.1, 0.15) is 0 Å². The van der Waals surface area contributed by atoms with Crippen LogP contribution in [0.15, 0.2) is 4.52 Å². The van der Waals surface area contributed by atoms with E-state index >= 15 is 0 Å². The zero-order chi connectivity index (χ0) is 17.4. The van der Waals surface area contributed by atoms with Gasteiger partial charge in [0, 0.05) is 6.42 Å². The predicted molar refractivity (Wildman–Crippen MR) is 73.5 cm³/mol. The number of nitrogens with two attached hydrogens (primary N) is 2. The number of carbonyl (C=O) groups is 3. The summed E-state index contributed by atoms with van der Waals surface area (Å²) in [7, 11) is 0. The summed E-state index contributed by atoms with van der Waals surface area (Å²) in [6.45, 7) is -0.915. The molecule has 1 rings (SSSR count). The Morgan fingerprint density at radius 3 is 2.61 bits per heavy atom. The molecule has 8 N–H and O–H groups in total. The minimum absolute atomic E-state index is 0.0422. The van der Waals surface area contributed by atoms with Crippen LogP contribution >= 0.6 is 0 Å². The van der Waals surface area contributed by atoms with Crippen molar-refractivity contribution in [3.8, 4) is 0 Å². The number of aromatic nitrogens is 2. The van der Waals surface area contributed by atoms with Crippen LogP contribution in [0.1, 0.15) is 30.6 Å². The molecule has 0 spiro atoms. The van der Waals surface area contributed by atoms with Gasteiger partial charge in [-0.2, -0.15) is 4.98 Å². The summed E-state index contributed by atoms with van der Waals surface area (Å²) in [4.78, 5) is 36.7. The molecule has 1 aromatic rings. The van der Waals surface area contributed by atoms with Crippen molar-refractivity contribution in [2.24, 2.45) is 11.5 Å². The predicted octanol–water partition coefficient (Wildman–Crippen LogP) is -2.42. The highest BCUT2D eigenvalue weighted by Gasteiger charge is 2.19. The zero-order valence-corrected chi connectivity index (χ0v) is 12.1. The molecule has 0 saturated heterocycles. The lowest BCUT2D eigenvalue weighted by molar-refractivity contribution is -0.140. The Morgan fingerprint density at radius 2 is 2.04 bits per heavy atom. The summed E-state index contributed by atoms with van der Waals surface area (Å²) < 4.78 is 4.86. The lowest BCUT2D eigenvalue weighted by Crippen LogP contribution is -2.47. The van der Waals surface area contributed by atoms with Crippen LogP contribution in [0.3, 0.4) is 0 Å². The maximum atomic E-state index is 11.4. The van der Waals surface area contributed by atoms with E-state index in [1.54, 1.807) is 0 Å². The first-order valence-electron chi connectivity index (χ1n) is 6.57. The standard InChI is InChI=1S/C11H18N6O6/c12-5(1-2-7(13)19)9-16-8(23-17-9)3-14-11(22)15-6(4-18)10(20)21/h5-6,18H,1-4,12H2,(H2,13,19)(H,20,21)(H2,14,15,22)/t5-,6-/m0/s1. The number of primary amides is 1. The molecule has 0 fully saturated rings. The van der Waals surface area contributed by atoms with E-state index in [0.29, 0.717) is 0 Å². The van der Waals surface area contributed by atoms with Gasteiger partial charge in [-0.3, -0.25) is 4.79 Å². The number of aliphatic carboxylic acids is 1. The summed E-state index contributed by atoms with van der Waals surface area (Å²) >= 11 is 0. The smallest absolute Gasteiger partial charge is 0.328 e. The molecule has 0 bridgehead atoms. The van der Waals surface area contributed by atoms with Gasteiger partial charge in [-0.1, -0.05) is 5.16 Å². The second kappa shape index (κ2) is 8.65.